The molecule has 0 bridgehead atoms. The molecule has 1 fully saturated rings. The molecule has 1 unspecified atom stereocenters. The van der Waals surface area contributed by atoms with Crippen molar-refractivity contribution in [3.63, 3.8) is 0 Å². The number of hydrogen-bond acceptors (Lipinski definition) is 1. The van der Waals surface area contributed by atoms with Gasteiger partial charge in [-0.1, -0.05) is 6.32 Å². The Labute approximate surface area is 72.3 Å². The average molecular weight is 203 g/mol. The van der Waals surface area contributed by atoms with Gasteiger partial charge in [0.25, 0.3) is 0 Å². The van der Waals surface area contributed by atoms with Crippen LogP contribution in [0.15, 0.2) is 0 Å². The minimum Gasteiger partial charge on any atom is -0.449 e. The Balaban J connectivity index is 2.68. The Morgan fingerprint density at radius 3 is 2.23 bits per heavy atom. The summed E-state index contributed by atoms with van der Waals surface area (Å²) >= 11 is 0. The lowest BCUT2D eigenvalue weighted by Crippen LogP contribution is -2.36. The molecule has 0 radical (unpaired) electrons. The van der Waals surface area contributed by atoms with E-state index >= 15 is 0 Å². The Bertz CT molecular complexity index is 174. The first-order chi connectivity index (χ1) is 5.86. The predicted molar refractivity (Wildman–Crippen MR) is 37.8 cm³/mol. The molecule has 1 aliphatic rings. The van der Waals surface area contributed by atoms with Crippen LogP contribution in [0.3, 0.4) is 0 Å². The topological polar surface area (TPSA) is 9.23 Å². The Hall–Kier alpha value is -0.325. The van der Waals surface area contributed by atoms with E-state index in [4.69, 9.17) is 0 Å². The summed E-state index contributed by atoms with van der Waals surface area (Å²) in [4.78, 5) is 0. The molecule has 0 N–H and O–H groups in total. The summed E-state index contributed by atoms with van der Waals surface area (Å²) in [5.74, 6) is 0. The summed E-state index contributed by atoms with van der Waals surface area (Å²) in [5, 5.41) is 0. The van der Waals surface area contributed by atoms with Gasteiger partial charge in [-0.05, 0) is 6.42 Å². The highest BCUT2D eigenvalue weighted by atomic mass is 19.4. The zero-order valence-electron chi connectivity index (χ0n) is 6.78. The van der Waals surface area contributed by atoms with Gasteiger partial charge in [0, 0.05) is 12.0 Å². The van der Waals surface area contributed by atoms with E-state index in [1.807, 2.05) is 0 Å². The highest BCUT2D eigenvalue weighted by Gasteiger charge is 2.47. The van der Waals surface area contributed by atoms with Crippen LogP contribution in [-0.2, 0) is 4.74 Å². The molecule has 0 aromatic carbocycles. The fourth-order valence-corrected chi connectivity index (χ4v) is 1.51. The second-order valence-electron chi connectivity index (χ2n) is 3.38. The Kier molecular flexibility index (Phi) is 2.84. The summed E-state index contributed by atoms with van der Waals surface area (Å²) in [7, 11) is 0. The highest BCUT2D eigenvalue weighted by Crippen LogP contribution is 2.43. The third-order valence-electron chi connectivity index (χ3n) is 2.23. The first-order valence-electron chi connectivity index (χ1n) is 3.93. The predicted octanol–water partition coefficient (Wildman–Crippen LogP) is 2.51. The van der Waals surface area contributed by atoms with Crippen molar-refractivity contribution in [1.29, 1.82) is 0 Å². The maximum absolute atomic E-state index is 12.4. The quantitative estimate of drug-likeness (QED) is 0.505. The van der Waals surface area contributed by atoms with Gasteiger partial charge in [-0.3, -0.25) is 0 Å². The molecule has 78 valence electrons. The van der Waals surface area contributed by atoms with Crippen molar-refractivity contribution < 1.29 is 26.5 Å². The van der Waals surface area contributed by atoms with E-state index in [2.05, 4.69) is 4.74 Å². The third-order valence-corrected chi connectivity index (χ3v) is 2.23. The second kappa shape index (κ2) is 3.44. The molecule has 1 atom stereocenters. The van der Waals surface area contributed by atoms with Crippen molar-refractivity contribution >= 4 is 6.98 Å². The van der Waals surface area contributed by atoms with Gasteiger partial charge in [0.05, 0.1) is 6.61 Å². The lowest BCUT2D eigenvalue weighted by molar-refractivity contribution is -0.00406. The fraction of sp³-hybridized carbons (Fsp3) is 1.00. The van der Waals surface area contributed by atoms with Crippen molar-refractivity contribution in [2.45, 2.75) is 19.2 Å². The summed E-state index contributed by atoms with van der Waals surface area (Å²) in [6.45, 7) is -5.65. The maximum atomic E-state index is 12.4. The van der Waals surface area contributed by atoms with Crippen LogP contribution in [0.1, 0.15) is 6.42 Å². The SMILES string of the molecule is FC(F)C1(C[B-](F)(F)F)CCOC1. The zero-order valence-corrected chi connectivity index (χ0v) is 6.78. The zero-order chi connectivity index (χ0) is 10.1. The summed E-state index contributed by atoms with van der Waals surface area (Å²) in [6, 6.07) is 0. The molecule has 0 aromatic rings. The fourth-order valence-electron chi connectivity index (χ4n) is 1.51. The van der Waals surface area contributed by atoms with Gasteiger partial charge in [0.2, 0.25) is 6.43 Å². The molecule has 1 saturated heterocycles. The van der Waals surface area contributed by atoms with Crippen LogP contribution in [0, 0.1) is 5.41 Å². The molecule has 1 heterocycles. The van der Waals surface area contributed by atoms with E-state index < -0.39 is 31.7 Å². The van der Waals surface area contributed by atoms with E-state index in [0.717, 1.165) is 0 Å². The normalized spacial score (nSPS) is 30.0. The monoisotopic (exact) mass is 203 g/mol. The molecular formula is C6H9BF5O-. The minimum absolute atomic E-state index is 0.00347. The van der Waals surface area contributed by atoms with Gasteiger partial charge in [-0.25, -0.2) is 8.78 Å². The summed E-state index contributed by atoms with van der Waals surface area (Å²) in [5.41, 5.74) is -1.97. The molecule has 13 heavy (non-hydrogen) atoms. The first-order valence-corrected chi connectivity index (χ1v) is 3.93. The van der Waals surface area contributed by atoms with Crippen molar-refractivity contribution in [2.75, 3.05) is 13.2 Å². The van der Waals surface area contributed by atoms with Gasteiger partial charge < -0.3 is 17.7 Å². The molecule has 1 nitrogen and oxygen atoms in total. The molecule has 0 aromatic heterocycles. The van der Waals surface area contributed by atoms with Crippen LogP contribution in [0.25, 0.3) is 0 Å². The standard InChI is InChI=1S/C6H9BF5O/c8-5(9)6(1-2-13-4-6)3-7(10,11)12/h5H,1-4H2/q-1. The van der Waals surface area contributed by atoms with Crippen LogP contribution in [0.2, 0.25) is 6.32 Å². The number of rotatable bonds is 3. The van der Waals surface area contributed by atoms with Crippen LogP contribution < -0.4 is 0 Å². The van der Waals surface area contributed by atoms with Crippen LogP contribution in [0.4, 0.5) is 21.7 Å². The van der Waals surface area contributed by atoms with Crippen molar-refractivity contribution in [2.24, 2.45) is 5.41 Å². The van der Waals surface area contributed by atoms with Crippen molar-refractivity contribution in [3.05, 3.63) is 0 Å². The lowest BCUT2D eigenvalue weighted by Gasteiger charge is -2.31. The summed E-state index contributed by atoms with van der Waals surface area (Å²) < 4.78 is 65.3. The van der Waals surface area contributed by atoms with Crippen LogP contribution >= 0.6 is 0 Å². The maximum Gasteiger partial charge on any atom is 0.479 e. The Morgan fingerprint density at radius 2 is 1.92 bits per heavy atom. The molecular weight excluding hydrogens is 194 g/mol. The molecule has 0 saturated carbocycles. The van der Waals surface area contributed by atoms with E-state index in [9.17, 15) is 21.7 Å². The second-order valence-corrected chi connectivity index (χ2v) is 3.38. The molecule has 0 aliphatic carbocycles. The molecule has 1 aliphatic heterocycles. The molecule has 7 heteroatoms. The average Bonchev–Trinajstić information content (AvgIpc) is 2.33. The van der Waals surface area contributed by atoms with Gasteiger partial charge >= 0.3 is 6.98 Å². The Morgan fingerprint density at radius 1 is 1.31 bits per heavy atom. The van der Waals surface area contributed by atoms with Crippen molar-refractivity contribution in [1.82, 2.24) is 0 Å². The van der Waals surface area contributed by atoms with Gasteiger partial charge in [0.1, 0.15) is 0 Å². The number of alkyl halides is 2. The van der Waals surface area contributed by atoms with Gasteiger partial charge in [0.15, 0.2) is 0 Å². The van der Waals surface area contributed by atoms with E-state index in [1.54, 1.807) is 0 Å². The largest absolute Gasteiger partial charge is 0.479 e. The summed E-state index contributed by atoms with van der Waals surface area (Å²) in [6.07, 6.45) is -4.56. The smallest absolute Gasteiger partial charge is 0.449 e. The van der Waals surface area contributed by atoms with Gasteiger partial charge in [-0.15, -0.1) is 0 Å². The highest BCUT2D eigenvalue weighted by molar-refractivity contribution is 6.58. The molecule has 0 amide bonds. The lowest BCUT2D eigenvalue weighted by atomic mass is 9.68. The number of halogens is 5. The molecule has 0 spiro atoms. The molecule has 1 rings (SSSR count). The van der Waals surface area contributed by atoms with E-state index in [1.165, 1.54) is 0 Å². The minimum atomic E-state index is -5.17. The van der Waals surface area contributed by atoms with Crippen LogP contribution in [0.5, 0.6) is 0 Å². The number of ether oxygens (including phenoxy) is 1. The number of hydrogen-bond donors (Lipinski definition) is 0. The van der Waals surface area contributed by atoms with Crippen molar-refractivity contribution in [3.8, 4) is 0 Å². The van der Waals surface area contributed by atoms with Crippen LogP contribution in [-0.4, -0.2) is 26.6 Å². The first kappa shape index (κ1) is 10.8. The van der Waals surface area contributed by atoms with E-state index in [0.29, 0.717) is 0 Å². The van der Waals surface area contributed by atoms with E-state index in [-0.39, 0.29) is 13.0 Å². The van der Waals surface area contributed by atoms with Gasteiger partial charge in [-0.2, -0.15) is 0 Å². The third kappa shape index (κ3) is 2.56.